The van der Waals surface area contributed by atoms with Crippen LogP contribution in [0.2, 0.25) is 0 Å². The first-order valence-corrected chi connectivity index (χ1v) is 8.23. The summed E-state index contributed by atoms with van der Waals surface area (Å²) in [4.78, 5) is 2.54. The summed E-state index contributed by atoms with van der Waals surface area (Å²) >= 11 is 0. The minimum absolute atomic E-state index is 0.429. The molecule has 1 aromatic carbocycles. The molecule has 1 rings (SSSR count). The van der Waals surface area contributed by atoms with Gasteiger partial charge in [-0.05, 0) is 38.5 Å². The fourth-order valence-electron chi connectivity index (χ4n) is 2.94. The highest BCUT2D eigenvalue weighted by atomic mass is 15.2. The molecular weight excluding hydrogens is 244 g/mol. The Labute approximate surface area is 125 Å². The number of hydrogen-bond donors (Lipinski definition) is 1. The molecule has 0 radical (unpaired) electrons. The molecule has 1 N–H and O–H groups in total. The highest BCUT2D eigenvalue weighted by Gasteiger charge is 2.24. The van der Waals surface area contributed by atoms with Gasteiger partial charge in [0.25, 0.3) is 0 Å². The molecule has 0 fully saturated rings. The lowest BCUT2D eigenvalue weighted by Gasteiger charge is -2.35. The van der Waals surface area contributed by atoms with Crippen molar-refractivity contribution < 1.29 is 0 Å². The first-order chi connectivity index (χ1) is 9.74. The van der Waals surface area contributed by atoms with Crippen LogP contribution >= 0.6 is 0 Å². The Kier molecular flexibility index (Phi) is 8.56. The van der Waals surface area contributed by atoms with Crippen LogP contribution in [0, 0.1) is 0 Å². The molecule has 20 heavy (non-hydrogen) atoms. The summed E-state index contributed by atoms with van der Waals surface area (Å²) in [6.07, 6.45) is 5.10. The summed E-state index contributed by atoms with van der Waals surface area (Å²) < 4.78 is 0. The Balaban J connectivity index is 2.75. The number of likely N-dealkylation sites (N-methyl/N-ethyl adjacent to an activating group) is 2. The third-order valence-corrected chi connectivity index (χ3v) is 4.07. The molecule has 0 amide bonds. The first-order valence-electron chi connectivity index (χ1n) is 8.23. The van der Waals surface area contributed by atoms with Gasteiger partial charge >= 0.3 is 0 Å². The van der Waals surface area contributed by atoms with Crippen molar-refractivity contribution in [2.45, 2.75) is 58.5 Å². The Hall–Kier alpha value is -0.860. The third-order valence-electron chi connectivity index (χ3n) is 4.07. The average Bonchev–Trinajstić information content (AvgIpc) is 2.48. The van der Waals surface area contributed by atoms with Crippen LogP contribution in [-0.4, -0.2) is 31.1 Å². The zero-order chi connectivity index (χ0) is 14.8. The van der Waals surface area contributed by atoms with Crippen molar-refractivity contribution in [3.8, 4) is 0 Å². The zero-order valence-corrected chi connectivity index (χ0v) is 13.7. The molecule has 0 aliphatic rings. The van der Waals surface area contributed by atoms with E-state index >= 15 is 0 Å². The number of rotatable bonds is 10. The maximum Gasteiger partial charge on any atom is 0.0477 e. The van der Waals surface area contributed by atoms with E-state index in [1.807, 2.05) is 0 Å². The van der Waals surface area contributed by atoms with Crippen LogP contribution in [0.5, 0.6) is 0 Å². The number of nitrogens with zero attached hydrogens (tertiary/aromatic N) is 1. The largest absolute Gasteiger partial charge is 0.309 e. The predicted octanol–water partition coefficient (Wildman–Crippen LogP) is 4.24. The number of hydrogen-bond acceptors (Lipinski definition) is 2. The maximum atomic E-state index is 3.68. The second kappa shape index (κ2) is 9.95. The fraction of sp³-hybridized carbons (Fsp3) is 0.667. The summed E-state index contributed by atoms with van der Waals surface area (Å²) in [6.45, 7) is 8.97. The van der Waals surface area contributed by atoms with Gasteiger partial charge in [-0.3, -0.25) is 0 Å². The van der Waals surface area contributed by atoms with Gasteiger partial charge in [-0.1, -0.05) is 63.9 Å². The standard InChI is InChI=1S/C18H32N2/c1-5-8-12-15-20(4)17(6-2)18(19-7-3)16-13-10-9-11-14-16/h9-11,13-14,17-19H,5-8,12,15H2,1-4H3. The van der Waals surface area contributed by atoms with Gasteiger partial charge in [-0.15, -0.1) is 0 Å². The van der Waals surface area contributed by atoms with Gasteiger partial charge in [0.15, 0.2) is 0 Å². The molecule has 0 aliphatic heterocycles. The lowest BCUT2D eigenvalue weighted by molar-refractivity contribution is 0.184. The van der Waals surface area contributed by atoms with Crippen molar-refractivity contribution >= 4 is 0 Å². The summed E-state index contributed by atoms with van der Waals surface area (Å²) in [5, 5.41) is 3.68. The summed E-state index contributed by atoms with van der Waals surface area (Å²) in [5.74, 6) is 0. The number of unbranched alkanes of at least 4 members (excludes halogenated alkanes) is 2. The van der Waals surface area contributed by atoms with Crippen molar-refractivity contribution in [3.63, 3.8) is 0 Å². The SMILES string of the molecule is CCCCCN(C)C(CC)C(NCC)c1ccccc1. The predicted molar refractivity (Wildman–Crippen MR) is 89.1 cm³/mol. The van der Waals surface area contributed by atoms with Crippen molar-refractivity contribution in [2.24, 2.45) is 0 Å². The van der Waals surface area contributed by atoms with Crippen LogP contribution < -0.4 is 5.32 Å². The van der Waals surface area contributed by atoms with E-state index in [0.29, 0.717) is 12.1 Å². The minimum atomic E-state index is 0.429. The topological polar surface area (TPSA) is 15.3 Å². The molecule has 1 aromatic rings. The summed E-state index contributed by atoms with van der Waals surface area (Å²) in [6, 6.07) is 11.9. The van der Waals surface area contributed by atoms with E-state index in [0.717, 1.165) is 6.54 Å². The molecule has 0 saturated carbocycles. The van der Waals surface area contributed by atoms with Gasteiger partial charge in [0.2, 0.25) is 0 Å². The fourth-order valence-corrected chi connectivity index (χ4v) is 2.94. The lowest BCUT2D eigenvalue weighted by Crippen LogP contribution is -2.43. The third kappa shape index (κ3) is 5.26. The summed E-state index contributed by atoms with van der Waals surface area (Å²) in [7, 11) is 2.27. The van der Waals surface area contributed by atoms with E-state index in [2.05, 4.69) is 68.4 Å². The molecule has 2 heteroatoms. The second-order valence-corrected chi connectivity index (χ2v) is 5.61. The van der Waals surface area contributed by atoms with E-state index in [9.17, 15) is 0 Å². The molecule has 0 bridgehead atoms. The maximum absolute atomic E-state index is 3.68. The van der Waals surface area contributed by atoms with Gasteiger partial charge in [-0.2, -0.15) is 0 Å². The molecule has 2 atom stereocenters. The van der Waals surface area contributed by atoms with Crippen molar-refractivity contribution in [1.82, 2.24) is 10.2 Å². The Morgan fingerprint density at radius 2 is 1.75 bits per heavy atom. The normalized spacial score (nSPS) is 14.4. The van der Waals surface area contributed by atoms with E-state index in [1.165, 1.54) is 37.8 Å². The minimum Gasteiger partial charge on any atom is -0.309 e. The Bertz CT molecular complexity index is 337. The van der Waals surface area contributed by atoms with Crippen molar-refractivity contribution in [2.75, 3.05) is 20.1 Å². The van der Waals surface area contributed by atoms with E-state index in [1.54, 1.807) is 0 Å². The highest BCUT2D eigenvalue weighted by Crippen LogP contribution is 2.23. The molecule has 0 saturated heterocycles. The molecule has 0 aliphatic carbocycles. The van der Waals surface area contributed by atoms with Crippen LogP contribution in [0.15, 0.2) is 30.3 Å². The van der Waals surface area contributed by atoms with Gasteiger partial charge in [0.1, 0.15) is 0 Å². The van der Waals surface area contributed by atoms with Crippen molar-refractivity contribution in [1.29, 1.82) is 0 Å². The highest BCUT2D eigenvalue weighted by molar-refractivity contribution is 5.20. The van der Waals surface area contributed by atoms with Gasteiger partial charge in [-0.25, -0.2) is 0 Å². The van der Waals surface area contributed by atoms with E-state index in [4.69, 9.17) is 0 Å². The number of benzene rings is 1. The zero-order valence-electron chi connectivity index (χ0n) is 13.7. The molecule has 0 aromatic heterocycles. The molecule has 2 unspecified atom stereocenters. The van der Waals surface area contributed by atoms with Crippen molar-refractivity contribution in [3.05, 3.63) is 35.9 Å². The Morgan fingerprint density at radius 1 is 1.05 bits per heavy atom. The second-order valence-electron chi connectivity index (χ2n) is 5.61. The van der Waals surface area contributed by atoms with Crippen LogP contribution in [0.3, 0.4) is 0 Å². The number of nitrogens with one attached hydrogen (secondary N) is 1. The van der Waals surface area contributed by atoms with Crippen LogP contribution in [-0.2, 0) is 0 Å². The molecule has 0 spiro atoms. The molecule has 2 nitrogen and oxygen atoms in total. The lowest BCUT2D eigenvalue weighted by atomic mass is 9.96. The molecule has 114 valence electrons. The van der Waals surface area contributed by atoms with Crippen LogP contribution in [0.4, 0.5) is 0 Å². The van der Waals surface area contributed by atoms with Gasteiger partial charge in [0.05, 0.1) is 0 Å². The van der Waals surface area contributed by atoms with Gasteiger partial charge < -0.3 is 10.2 Å². The van der Waals surface area contributed by atoms with Gasteiger partial charge in [0, 0.05) is 12.1 Å². The average molecular weight is 276 g/mol. The molecular formula is C18H32N2. The quantitative estimate of drug-likeness (QED) is 0.643. The summed E-state index contributed by atoms with van der Waals surface area (Å²) in [5.41, 5.74) is 1.41. The smallest absolute Gasteiger partial charge is 0.0477 e. The molecule has 0 heterocycles. The van der Waals surface area contributed by atoms with Crippen LogP contribution in [0.1, 0.15) is 58.1 Å². The first kappa shape index (κ1) is 17.2. The van der Waals surface area contributed by atoms with E-state index < -0.39 is 0 Å². The van der Waals surface area contributed by atoms with Crippen LogP contribution in [0.25, 0.3) is 0 Å². The van der Waals surface area contributed by atoms with E-state index in [-0.39, 0.29) is 0 Å². The Morgan fingerprint density at radius 3 is 2.30 bits per heavy atom. The monoisotopic (exact) mass is 276 g/mol.